The van der Waals surface area contributed by atoms with Crippen LogP contribution in [0.25, 0.3) is 0 Å². The van der Waals surface area contributed by atoms with Crippen LogP contribution in [0.2, 0.25) is 0 Å². The summed E-state index contributed by atoms with van der Waals surface area (Å²) in [5, 5.41) is 19.4. The summed E-state index contributed by atoms with van der Waals surface area (Å²) >= 11 is 0. The standard InChI is InChI=1S/C18H23N5O2/c1-13-4-5-15(25-13)12-22-8-3-9-23-14(11-22)10-16(20-23)18(24)17-6-7-19-21(17)2/h4-7,10,18,24H,3,8-9,11-12H2,1-2H3/t18-/m1/s1. The molecule has 25 heavy (non-hydrogen) atoms. The molecule has 4 heterocycles. The number of hydrogen-bond donors (Lipinski definition) is 1. The van der Waals surface area contributed by atoms with Gasteiger partial charge in [0.05, 0.1) is 23.6 Å². The van der Waals surface area contributed by atoms with Crippen molar-refractivity contribution >= 4 is 0 Å². The maximum atomic E-state index is 10.6. The molecule has 0 aromatic carbocycles. The van der Waals surface area contributed by atoms with E-state index in [2.05, 4.69) is 15.1 Å². The molecule has 1 aliphatic rings. The summed E-state index contributed by atoms with van der Waals surface area (Å²) in [6.45, 7) is 5.42. The van der Waals surface area contributed by atoms with Crippen LogP contribution in [-0.4, -0.2) is 36.1 Å². The van der Waals surface area contributed by atoms with Crippen molar-refractivity contribution in [2.45, 2.75) is 39.1 Å². The van der Waals surface area contributed by atoms with Crippen LogP contribution >= 0.6 is 0 Å². The van der Waals surface area contributed by atoms with Gasteiger partial charge in [0.2, 0.25) is 0 Å². The first kappa shape index (κ1) is 16.1. The van der Waals surface area contributed by atoms with Crippen LogP contribution in [0.5, 0.6) is 0 Å². The first-order valence-corrected chi connectivity index (χ1v) is 8.60. The molecule has 7 heteroatoms. The average Bonchev–Trinajstić information content (AvgIpc) is 3.26. The van der Waals surface area contributed by atoms with Crippen LogP contribution in [-0.2, 0) is 26.7 Å². The van der Waals surface area contributed by atoms with Crippen molar-refractivity contribution in [3.05, 3.63) is 59.1 Å². The molecule has 1 atom stereocenters. The van der Waals surface area contributed by atoms with Crippen LogP contribution in [0.3, 0.4) is 0 Å². The van der Waals surface area contributed by atoms with E-state index in [9.17, 15) is 5.11 Å². The molecule has 0 bridgehead atoms. The van der Waals surface area contributed by atoms with Crippen molar-refractivity contribution in [1.29, 1.82) is 0 Å². The third-order valence-electron chi connectivity index (χ3n) is 4.71. The normalized spacial score (nSPS) is 16.6. The number of nitrogens with zero attached hydrogens (tertiary/aromatic N) is 5. The molecule has 7 nitrogen and oxygen atoms in total. The topological polar surface area (TPSA) is 72.2 Å². The minimum Gasteiger partial charge on any atom is -0.465 e. The van der Waals surface area contributed by atoms with Gasteiger partial charge in [0, 0.05) is 32.9 Å². The molecule has 1 N–H and O–H groups in total. The second-order valence-electron chi connectivity index (χ2n) is 6.64. The number of hydrogen-bond acceptors (Lipinski definition) is 5. The first-order valence-electron chi connectivity index (χ1n) is 8.60. The Morgan fingerprint density at radius 1 is 1.28 bits per heavy atom. The molecule has 0 radical (unpaired) electrons. The molecule has 4 rings (SSSR count). The summed E-state index contributed by atoms with van der Waals surface area (Å²) in [5.41, 5.74) is 2.54. The minimum atomic E-state index is -0.756. The monoisotopic (exact) mass is 341 g/mol. The van der Waals surface area contributed by atoms with E-state index in [0.717, 1.165) is 55.5 Å². The lowest BCUT2D eigenvalue weighted by Gasteiger charge is -2.17. The Bertz CT molecular complexity index is 863. The zero-order valence-corrected chi connectivity index (χ0v) is 14.6. The van der Waals surface area contributed by atoms with E-state index in [0.29, 0.717) is 5.69 Å². The molecule has 0 unspecified atom stereocenters. The van der Waals surface area contributed by atoms with Crippen molar-refractivity contribution in [3.8, 4) is 0 Å². The van der Waals surface area contributed by atoms with Crippen LogP contribution in [0.15, 0.2) is 34.9 Å². The fraction of sp³-hybridized carbons (Fsp3) is 0.444. The molecule has 0 amide bonds. The number of aromatic nitrogens is 4. The van der Waals surface area contributed by atoms with Crippen molar-refractivity contribution in [1.82, 2.24) is 24.5 Å². The predicted molar refractivity (Wildman–Crippen MR) is 91.7 cm³/mol. The van der Waals surface area contributed by atoms with Gasteiger partial charge in [-0.15, -0.1) is 0 Å². The van der Waals surface area contributed by atoms with E-state index in [1.165, 1.54) is 0 Å². The van der Waals surface area contributed by atoms with E-state index in [1.54, 1.807) is 10.9 Å². The second-order valence-corrected chi connectivity index (χ2v) is 6.64. The SMILES string of the molecule is Cc1ccc(CN2CCCn3nc([C@@H](O)c4ccnn4C)cc3C2)o1. The minimum absolute atomic E-state index is 0.675. The zero-order chi connectivity index (χ0) is 17.4. The smallest absolute Gasteiger partial charge is 0.139 e. The van der Waals surface area contributed by atoms with Crippen molar-refractivity contribution in [2.24, 2.45) is 7.05 Å². The van der Waals surface area contributed by atoms with Crippen LogP contribution < -0.4 is 0 Å². The third-order valence-corrected chi connectivity index (χ3v) is 4.71. The van der Waals surface area contributed by atoms with E-state index in [1.807, 2.05) is 42.9 Å². The Morgan fingerprint density at radius 3 is 2.88 bits per heavy atom. The predicted octanol–water partition coefficient (Wildman–Crippen LogP) is 2.01. The lowest BCUT2D eigenvalue weighted by Crippen LogP contribution is -2.22. The van der Waals surface area contributed by atoms with Gasteiger partial charge in [-0.2, -0.15) is 10.2 Å². The van der Waals surface area contributed by atoms with Crippen molar-refractivity contribution < 1.29 is 9.52 Å². The maximum absolute atomic E-state index is 10.6. The van der Waals surface area contributed by atoms with Gasteiger partial charge in [-0.05, 0) is 37.6 Å². The molecule has 0 saturated heterocycles. The first-order chi connectivity index (χ1) is 12.1. The summed E-state index contributed by atoms with van der Waals surface area (Å²) in [5.74, 6) is 1.93. The summed E-state index contributed by atoms with van der Waals surface area (Å²) in [6, 6.07) is 7.86. The van der Waals surface area contributed by atoms with Gasteiger partial charge in [-0.1, -0.05) is 0 Å². The van der Waals surface area contributed by atoms with Gasteiger partial charge < -0.3 is 9.52 Å². The molecule has 0 aliphatic carbocycles. The summed E-state index contributed by atoms with van der Waals surface area (Å²) in [4.78, 5) is 2.36. The number of aliphatic hydroxyl groups is 1. The molecular formula is C18H23N5O2. The fourth-order valence-corrected chi connectivity index (χ4v) is 3.41. The number of rotatable bonds is 4. The third kappa shape index (κ3) is 3.25. The lowest BCUT2D eigenvalue weighted by atomic mass is 10.2. The van der Waals surface area contributed by atoms with Gasteiger partial charge in [-0.3, -0.25) is 14.3 Å². The Morgan fingerprint density at radius 2 is 2.16 bits per heavy atom. The quantitative estimate of drug-likeness (QED) is 0.786. The number of fused-ring (bicyclic) bond motifs is 1. The summed E-state index contributed by atoms with van der Waals surface area (Å²) in [7, 11) is 1.83. The van der Waals surface area contributed by atoms with E-state index < -0.39 is 6.10 Å². The Kier molecular flexibility index (Phi) is 4.19. The number of aliphatic hydroxyl groups excluding tert-OH is 1. The van der Waals surface area contributed by atoms with Gasteiger partial charge in [0.15, 0.2) is 0 Å². The molecule has 0 fully saturated rings. The maximum Gasteiger partial charge on any atom is 0.139 e. The highest BCUT2D eigenvalue weighted by molar-refractivity contribution is 5.21. The fourth-order valence-electron chi connectivity index (χ4n) is 3.41. The van der Waals surface area contributed by atoms with Crippen molar-refractivity contribution in [2.75, 3.05) is 6.54 Å². The van der Waals surface area contributed by atoms with Crippen LogP contribution in [0.1, 0.15) is 41.1 Å². The highest BCUT2D eigenvalue weighted by Crippen LogP contribution is 2.24. The largest absolute Gasteiger partial charge is 0.465 e. The Balaban J connectivity index is 1.53. The second kappa shape index (κ2) is 6.50. The molecule has 0 spiro atoms. The molecular weight excluding hydrogens is 318 g/mol. The van der Waals surface area contributed by atoms with E-state index in [-0.39, 0.29) is 0 Å². The van der Waals surface area contributed by atoms with Gasteiger partial charge in [0.25, 0.3) is 0 Å². The number of aryl methyl sites for hydroxylation is 3. The van der Waals surface area contributed by atoms with E-state index in [4.69, 9.17) is 4.42 Å². The zero-order valence-electron chi connectivity index (χ0n) is 14.6. The molecule has 3 aromatic rings. The van der Waals surface area contributed by atoms with Crippen molar-refractivity contribution in [3.63, 3.8) is 0 Å². The average molecular weight is 341 g/mol. The molecule has 1 aliphatic heterocycles. The molecule has 0 saturated carbocycles. The molecule has 132 valence electrons. The van der Waals surface area contributed by atoms with Crippen LogP contribution in [0, 0.1) is 6.92 Å². The van der Waals surface area contributed by atoms with Gasteiger partial charge >= 0.3 is 0 Å². The highest BCUT2D eigenvalue weighted by Gasteiger charge is 2.22. The van der Waals surface area contributed by atoms with Gasteiger partial charge in [-0.25, -0.2) is 0 Å². The molecule has 3 aromatic heterocycles. The highest BCUT2D eigenvalue weighted by atomic mass is 16.3. The summed E-state index contributed by atoms with van der Waals surface area (Å²) < 4.78 is 9.40. The summed E-state index contributed by atoms with van der Waals surface area (Å²) in [6.07, 6.45) is 1.95. The number of furan rings is 1. The Labute approximate surface area is 146 Å². The van der Waals surface area contributed by atoms with Crippen LogP contribution in [0.4, 0.5) is 0 Å². The van der Waals surface area contributed by atoms with E-state index >= 15 is 0 Å². The Hall–Kier alpha value is -2.38. The van der Waals surface area contributed by atoms with Gasteiger partial charge in [0.1, 0.15) is 17.6 Å². The lowest BCUT2D eigenvalue weighted by molar-refractivity contribution is 0.203.